The molecule has 8 heteroatoms. The molecule has 1 aliphatic heterocycles. The summed E-state index contributed by atoms with van der Waals surface area (Å²) in [7, 11) is 0. The molecule has 1 fully saturated rings. The number of hydrogen-bond acceptors (Lipinski definition) is 4. The quantitative estimate of drug-likeness (QED) is 0.174. The number of guanidine groups is 1. The van der Waals surface area contributed by atoms with Crippen LogP contribution in [0.4, 0.5) is 0 Å². The van der Waals surface area contributed by atoms with E-state index in [9.17, 15) is 0 Å². The van der Waals surface area contributed by atoms with Crippen molar-refractivity contribution in [1.29, 1.82) is 0 Å². The molecule has 0 radical (unpaired) electrons. The molecular formula is C17H28BrIN4OS. The number of nitrogens with zero attached hydrogens (tertiary/aromatic N) is 2. The first-order valence-corrected chi connectivity index (χ1v) is 10.1. The van der Waals surface area contributed by atoms with Crippen LogP contribution in [0, 0.1) is 0 Å². The van der Waals surface area contributed by atoms with Gasteiger partial charge < -0.3 is 15.8 Å². The van der Waals surface area contributed by atoms with Crippen molar-refractivity contribution in [2.24, 2.45) is 10.7 Å². The molecule has 1 atom stereocenters. The van der Waals surface area contributed by atoms with Gasteiger partial charge in [0, 0.05) is 34.3 Å². The number of morpholine rings is 1. The van der Waals surface area contributed by atoms with Gasteiger partial charge in [-0.3, -0.25) is 9.89 Å². The molecule has 0 amide bonds. The van der Waals surface area contributed by atoms with E-state index in [2.05, 4.69) is 62.3 Å². The second-order valence-corrected chi connectivity index (χ2v) is 8.27. The van der Waals surface area contributed by atoms with E-state index in [0.717, 1.165) is 50.3 Å². The Balaban J connectivity index is 0.00000312. The molecule has 0 spiro atoms. The molecular weight excluding hydrogens is 515 g/mol. The van der Waals surface area contributed by atoms with E-state index in [1.807, 2.05) is 11.8 Å². The van der Waals surface area contributed by atoms with Crippen LogP contribution in [0.5, 0.6) is 0 Å². The second kappa shape index (κ2) is 13.2. The van der Waals surface area contributed by atoms with Gasteiger partial charge in [-0.1, -0.05) is 22.9 Å². The summed E-state index contributed by atoms with van der Waals surface area (Å²) >= 11 is 5.26. The fraction of sp³-hybridized carbons (Fsp3) is 0.588. The summed E-state index contributed by atoms with van der Waals surface area (Å²) in [5.74, 6) is 0.542. The minimum atomic E-state index is 0. The van der Waals surface area contributed by atoms with E-state index in [-0.39, 0.29) is 24.0 Å². The maximum absolute atomic E-state index is 5.94. The van der Waals surface area contributed by atoms with Crippen LogP contribution in [-0.4, -0.2) is 62.0 Å². The number of rotatable bonds is 8. The first-order valence-electron chi connectivity index (χ1n) is 8.39. The van der Waals surface area contributed by atoms with Gasteiger partial charge in [0.15, 0.2) is 5.96 Å². The van der Waals surface area contributed by atoms with E-state index in [1.54, 1.807) is 0 Å². The molecule has 5 nitrogen and oxygen atoms in total. The van der Waals surface area contributed by atoms with Crippen LogP contribution in [0.2, 0.25) is 0 Å². The third kappa shape index (κ3) is 10.0. The lowest BCUT2D eigenvalue weighted by atomic mass is 10.3. The summed E-state index contributed by atoms with van der Waals surface area (Å²) in [4.78, 5) is 8.12. The Kier molecular flexibility index (Phi) is 12.1. The third-order valence-electron chi connectivity index (χ3n) is 3.73. The number of nitrogens with two attached hydrogens (primary N) is 1. The lowest BCUT2D eigenvalue weighted by Gasteiger charge is -2.26. The fourth-order valence-electron chi connectivity index (χ4n) is 2.41. The van der Waals surface area contributed by atoms with E-state index in [0.29, 0.717) is 17.8 Å². The summed E-state index contributed by atoms with van der Waals surface area (Å²) < 4.78 is 6.45. The average Bonchev–Trinajstić information content (AvgIpc) is 2.60. The normalized spacial score (nSPS) is 17.0. The van der Waals surface area contributed by atoms with Crippen molar-refractivity contribution in [2.75, 3.05) is 45.9 Å². The Morgan fingerprint density at radius 3 is 2.72 bits per heavy atom. The van der Waals surface area contributed by atoms with Crippen LogP contribution in [0.3, 0.4) is 0 Å². The first kappa shape index (κ1) is 23.0. The number of ether oxygens (including phenoxy) is 1. The van der Waals surface area contributed by atoms with E-state index in [1.165, 1.54) is 4.90 Å². The van der Waals surface area contributed by atoms with Crippen LogP contribution in [0.25, 0.3) is 0 Å². The molecule has 0 bridgehead atoms. The molecule has 1 aliphatic rings. The minimum Gasteiger partial charge on any atom is -0.379 e. The Labute approximate surface area is 180 Å². The van der Waals surface area contributed by atoms with Gasteiger partial charge in [-0.25, -0.2) is 0 Å². The summed E-state index contributed by atoms with van der Waals surface area (Å²) in [5.41, 5.74) is 5.94. The highest BCUT2D eigenvalue weighted by Gasteiger charge is 2.09. The molecule has 0 saturated carbocycles. The van der Waals surface area contributed by atoms with Crippen molar-refractivity contribution >= 4 is 57.6 Å². The van der Waals surface area contributed by atoms with Crippen LogP contribution >= 0.6 is 51.7 Å². The Bertz CT molecular complexity index is 512. The van der Waals surface area contributed by atoms with Crippen LogP contribution in [0.1, 0.15) is 13.3 Å². The van der Waals surface area contributed by atoms with Crippen molar-refractivity contribution in [1.82, 2.24) is 10.2 Å². The first-order chi connectivity index (χ1) is 11.6. The number of benzene rings is 1. The molecule has 0 aromatic heterocycles. The average molecular weight is 543 g/mol. The lowest BCUT2D eigenvalue weighted by Crippen LogP contribution is -2.39. The van der Waals surface area contributed by atoms with Crippen LogP contribution < -0.4 is 11.1 Å². The zero-order valence-corrected chi connectivity index (χ0v) is 19.4. The predicted molar refractivity (Wildman–Crippen MR) is 121 cm³/mol. The molecule has 2 rings (SSSR count). The van der Waals surface area contributed by atoms with Crippen molar-refractivity contribution in [3.05, 3.63) is 28.7 Å². The molecule has 25 heavy (non-hydrogen) atoms. The molecule has 142 valence electrons. The Morgan fingerprint density at radius 2 is 2.04 bits per heavy atom. The van der Waals surface area contributed by atoms with Crippen LogP contribution in [0.15, 0.2) is 38.6 Å². The molecule has 1 unspecified atom stereocenters. The van der Waals surface area contributed by atoms with Gasteiger partial charge in [-0.15, -0.1) is 35.7 Å². The predicted octanol–water partition coefficient (Wildman–Crippen LogP) is 3.17. The summed E-state index contributed by atoms with van der Waals surface area (Å²) in [6.45, 7) is 8.60. The number of nitrogens with one attached hydrogen (secondary N) is 1. The number of halogens is 2. The highest BCUT2D eigenvalue weighted by atomic mass is 127. The lowest BCUT2D eigenvalue weighted by molar-refractivity contribution is 0.0376. The number of aliphatic imine (C=N–C) groups is 1. The maximum atomic E-state index is 5.94. The molecule has 1 heterocycles. The van der Waals surface area contributed by atoms with Crippen molar-refractivity contribution < 1.29 is 4.74 Å². The monoisotopic (exact) mass is 542 g/mol. The highest BCUT2D eigenvalue weighted by molar-refractivity contribution is 14.0. The molecule has 1 aromatic rings. The van der Waals surface area contributed by atoms with Crippen molar-refractivity contribution in [3.8, 4) is 0 Å². The van der Waals surface area contributed by atoms with E-state index >= 15 is 0 Å². The Morgan fingerprint density at radius 1 is 1.36 bits per heavy atom. The topological polar surface area (TPSA) is 62.9 Å². The second-order valence-electron chi connectivity index (χ2n) is 5.84. The largest absolute Gasteiger partial charge is 0.379 e. The van der Waals surface area contributed by atoms with Gasteiger partial charge in [0.25, 0.3) is 0 Å². The fourth-order valence-corrected chi connectivity index (χ4v) is 3.58. The number of thioether (sulfide) groups is 1. The van der Waals surface area contributed by atoms with Crippen molar-refractivity contribution in [2.45, 2.75) is 23.5 Å². The van der Waals surface area contributed by atoms with Crippen LogP contribution in [-0.2, 0) is 4.74 Å². The minimum absolute atomic E-state index is 0. The highest BCUT2D eigenvalue weighted by Crippen LogP contribution is 2.24. The summed E-state index contributed by atoms with van der Waals surface area (Å²) in [6.07, 6.45) is 1.07. The van der Waals surface area contributed by atoms with Gasteiger partial charge >= 0.3 is 0 Å². The molecule has 1 saturated heterocycles. The zero-order chi connectivity index (χ0) is 17.2. The molecule has 3 N–H and O–H groups in total. The maximum Gasteiger partial charge on any atom is 0.188 e. The number of hydrogen-bond donors (Lipinski definition) is 2. The van der Waals surface area contributed by atoms with Gasteiger partial charge in [-0.2, -0.15) is 0 Å². The molecule has 0 aliphatic carbocycles. The van der Waals surface area contributed by atoms with Gasteiger partial charge in [0.05, 0.1) is 19.8 Å². The van der Waals surface area contributed by atoms with E-state index < -0.39 is 0 Å². The van der Waals surface area contributed by atoms with Gasteiger partial charge in [-0.05, 0) is 37.2 Å². The van der Waals surface area contributed by atoms with Gasteiger partial charge in [0.2, 0.25) is 0 Å². The van der Waals surface area contributed by atoms with E-state index in [4.69, 9.17) is 10.5 Å². The summed E-state index contributed by atoms with van der Waals surface area (Å²) in [6, 6.07) is 8.34. The SMILES string of the molecule is CC(CN=C(N)NCCCN1CCOCC1)Sc1ccc(Br)cc1.I. The Hall–Kier alpha value is -0.0300. The van der Waals surface area contributed by atoms with Gasteiger partial charge in [0.1, 0.15) is 0 Å². The smallest absolute Gasteiger partial charge is 0.188 e. The zero-order valence-electron chi connectivity index (χ0n) is 14.6. The molecule has 1 aromatic carbocycles. The third-order valence-corrected chi connectivity index (χ3v) is 5.36. The summed E-state index contributed by atoms with van der Waals surface area (Å²) in [5, 5.41) is 3.59. The standard InChI is InChI=1S/C17H27BrN4OS.HI/c1-14(24-16-5-3-15(18)4-6-16)13-21-17(19)20-7-2-8-22-9-11-23-12-10-22;/h3-6,14H,2,7-13H2,1H3,(H3,19,20,21);1H. The van der Waals surface area contributed by atoms with Crippen molar-refractivity contribution in [3.63, 3.8) is 0 Å².